The van der Waals surface area contributed by atoms with Crippen LogP contribution in [0.4, 0.5) is 0 Å². The van der Waals surface area contributed by atoms with Gasteiger partial charge in [0.05, 0.1) is 17.5 Å². The fourth-order valence-electron chi connectivity index (χ4n) is 1.81. The number of hydrogen-bond acceptors (Lipinski definition) is 4. The van der Waals surface area contributed by atoms with Gasteiger partial charge in [0, 0.05) is 5.39 Å². The van der Waals surface area contributed by atoms with Crippen LogP contribution in [-0.4, -0.2) is 33.2 Å². The first kappa shape index (κ1) is 13.7. The SMILES string of the molecule is C[C@H](NC(=O)Cc1n[nH]c(=O)c2ccccc12)C(=O)O. The molecule has 0 aliphatic heterocycles. The van der Waals surface area contributed by atoms with Gasteiger partial charge < -0.3 is 10.4 Å². The van der Waals surface area contributed by atoms with Gasteiger partial charge in [0.2, 0.25) is 5.91 Å². The maximum atomic E-state index is 11.7. The van der Waals surface area contributed by atoms with Gasteiger partial charge in [-0.15, -0.1) is 0 Å². The molecule has 3 N–H and O–H groups in total. The highest BCUT2D eigenvalue weighted by molar-refractivity contribution is 5.89. The molecule has 0 saturated heterocycles. The summed E-state index contributed by atoms with van der Waals surface area (Å²) in [5.41, 5.74) is 0.0685. The number of aromatic nitrogens is 2. The second-order valence-corrected chi connectivity index (χ2v) is 4.35. The minimum Gasteiger partial charge on any atom is -0.480 e. The van der Waals surface area contributed by atoms with Crippen LogP contribution in [0, 0.1) is 0 Å². The molecule has 0 unspecified atom stereocenters. The van der Waals surface area contributed by atoms with Crippen LogP contribution in [0.5, 0.6) is 0 Å². The van der Waals surface area contributed by atoms with Crippen molar-refractivity contribution < 1.29 is 14.7 Å². The van der Waals surface area contributed by atoms with Gasteiger partial charge in [-0.1, -0.05) is 18.2 Å². The molecule has 7 heteroatoms. The predicted octanol–water partition coefficient (Wildman–Crippen LogP) is 0.0549. The number of aromatic amines is 1. The van der Waals surface area contributed by atoms with Crippen LogP contribution < -0.4 is 10.9 Å². The van der Waals surface area contributed by atoms with Crippen molar-refractivity contribution in [1.29, 1.82) is 0 Å². The standard InChI is InChI=1S/C13H13N3O4/c1-7(13(19)20)14-11(17)6-10-8-4-2-3-5-9(8)12(18)16-15-10/h2-5,7H,6H2,1H3,(H,14,17)(H,16,18)(H,19,20)/t7-/m0/s1. The number of carbonyl (C=O) groups excluding carboxylic acids is 1. The van der Waals surface area contributed by atoms with E-state index in [1.807, 2.05) is 0 Å². The van der Waals surface area contributed by atoms with E-state index in [0.29, 0.717) is 16.5 Å². The Morgan fingerprint density at radius 2 is 2.00 bits per heavy atom. The number of hydrogen-bond donors (Lipinski definition) is 3. The second kappa shape index (κ2) is 5.52. The van der Waals surface area contributed by atoms with Crippen molar-refractivity contribution in [2.24, 2.45) is 0 Å². The lowest BCUT2D eigenvalue weighted by molar-refractivity contribution is -0.141. The van der Waals surface area contributed by atoms with Crippen molar-refractivity contribution in [1.82, 2.24) is 15.5 Å². The summed E-state index contributed by atoms with van der Waals surface area (Å²) in [7, 11) is 0. The van der Waals surface area contributed by atoms with Gasteiger partial charge in [0.1, 0.15) is 6.04 Å². The summed E-state index contributed by atoms with van der Waals surface area (Å²) in [6.07, 6.45) is -0.102. The molecule has 1 amide bonds. The molecule has 2 rings (SSSR count). The molecule has 0 aliphatic carbocycles. The first-order valence-electron chi connectivity index (χ1n) is 5.97. The third-order valence-corrected chi connectivity index (χ3v) is 2.85. The third kappa shape index (κ3) is 2.82. The van der Waals surface area contributed by atoms with Gasteiger partial charge in [0.25, 0.3) is 5.56 Å². The molecule has 0 aliphatic rings. The quantitative estimate of drug-likeness (QED) is 0.730. The van der Waals surface area contributed by atoms with Crippen molar-refractivity contribution in [3.63, 3.8) is 0 Å². The fraction of sp³-hybridized carbons (Fsp3) is 0.231. The lowest BCUT2D eigenvalue weighted by Crippen LogP contribution is -2.39. The largest absolute Gasteiger partial charge is 0.480 e. The number of nitrogens with zero attached hydrogens (tertiary/aromatic N) is 1. The van der Waals surface area contributed by atoms with Crippen LogP contribution in [0.2, 0.25) is 0 Å². The molecule has 7 nitrogen and oxygen atoms in total. The van der Waals surface area contributed by atoms with E-state index in [0.717, 1.165) is 0 Å². The maximum absolute atomic E-state index is 11.7. The average molecular weight is 275 g/mol. The van der Waals surface area contributed by atoms with Crippen molar-refractivity contribution in [2.75, 3.05) is 0 Å². The Morgan fingerprint density at radius 1 is 1.35 bits per heavy atom. The Bertz CT molecular complexity index is 723. The summed E-state index contributed by atoms with van der Waals surface area (Å²) in [4.78, 5) is 34.0. The Morgan fingerprint density at radius 3 is 2.65 bits per heavy atom. The number of fused-ring (bicyclic) bond motifs is 1. The van der Waals surface area contributed by atoms with Gasteiger partial charge in [0.15, 0.2) is 0 Å². The number of H-pyrrole nitrogens is 1. The number of benzene rings is 1. The fourth-order valence-corrected chi connectivity index (χ4v) is 1.81. The summed E-state index contributed by atoms with van der Waals surface area (Å²) in [5.74, 6) is -1.58. The Kier molecular flexibility index (Phi) is 3.79. The van der Waals surface area contributed by atoms with E-state index in [9.17, 15) is 14.4 Å². The number of nitrogens with one attached hydrogen (secondary N) is 2. The van der Waals surface area contributed by atoms with E-state index in [2.05, 4.69) is 15.5 Å². The zero-order valence-corrected chi connectivity index (χ0v) is 10.7. The molecule has 1 atom stereocenters. The van der Waals surface area contributed by atoms with Crippen molar-refractivity contribution in [3.05, 3.63) is 40.3 Å². The molecular weight excluding hydrogens is 262 g/mol. The summed E-state index contributed by atoms with van der Waals surface area (Å²) in [6.45, 7) is 1.37. The molecule has 1 aromatic heterocycles. The van der Waals surface area contributed by atoms with E-state index in [1.54, 1.807) is 24.3 Å². The molecule has 0 bridgehead atoms. The zero-order chi connectivity index (χ0) is 14.7. The van der Waals surface area contributed by atoms with Crippen LogP contribution in [0.25, 0.3) is 10.8 Å². The molecule has 104 valence electrons. The zero-order valence-electron chi connectivity index (χ0n) is 10.7. The van der Waals surface area contributed by atoms with Crippen molar-refractivity contribution >= 4 is 22.6 Å². The van der Waals surface area contributed by atoms with Crippen LogP contribution >= 0.6 is 0 Å². The maximum Gasteiger partial charge on any atom is 0.325 e. The topological polar surface area (TPSA) is 112 Å². The van der Waals surface area contributed by atoms with Crippen LogP contribution in [0.1, 0.15) is 12.6 Å². The summed E-state index contributed by atoms with van der Waals surface area (Å²) >= 11 is 0. The number of amides is 1. The lowest BCUT2D eigenvalue weighted by Gasteiger charge is -2.09. The number of rotatable bonds is 4. The molecule has 1 aromatic carbocycles. The number of carboxylic acids is 1. The lowest BCUT2D eigenvalue weighted by atomic mass is 10.1. The average Bonchev–Trinajstić information content (AvgIpc) is 2.42. The van der Waals surface area contributed by atoms with Crippen molar-refractivity contribution in [2.45, 2.75) is 19.4 Å². The first-order chi connectivity index (χ1) is 9.49. The molecule has 0 saturated carbocycles. The van der Waals surface area contributed by atoms with Gasteiger partial charge in [-0.25, -0.2) is 5.10 Å². The van der Waals surface area contributed by atoms with E-state index in [4.69, 9.17) is 5.11 Å². The van der Waals surface area contributed by atoms with Crippen LogP contribution in [-0.2, 0) is 16.0 Å². The molecule has 0 radical (unpaired) electrons. The minimum atomic E-state index is -1.11. The van der Waals surface area contributed by atoms with Crippen LogP contribution in [0.15, 0.2) is 29.1 Å². The number of carboxylic acid groups (broad SMARTS) is 1. The summed E-state index contributed by atoms with van der Waals surface area (Å²) in [5, 5.41) is 18.3. The Labute approximate surface area is 113 Å². The van der Waals surface area contributed by atoms with E-state index in [1.165, 1.54) is 6.92 Å². The van der Waals surface area contributed by atoms with Gasteiger partial charge >= 0.3 is 5.97 Å². The van der Waals surface area contributed by atoms with Gasteiger partial charge in [-0.05, 0) is 13.0 Å². The summed E-state index contributed by atoms with van der Waals surface area (Å²) in [6, 6.07) is 5.81. The van der Waals surface area contributed by atoms with E-state index in [-0.39, 0.29) is 12.0 Å². The predicted molar refractivity (Wildman–Crippen MR) is 71.3 cm³/mol. The number of aliphatic carboxylic acids is 1. The molecule has 2 aromatic rings. The normalized spacial score (nSPS) is 12.1. The highest BCUT2D eigenvalue weighted by Gasteiger charge is 2.16. The molecule has 1 heterocycles. The van der Waals surface area contributed by atoms with E-state index >= 15 is 0 Å². The van der Waals surface area contributed by atoms with Gasteiger partial charge in [-0.3, -0.25) is 14.4 Å². The molecule has 20 heavy (non-hydrogen) atoms. The Balaban J connectivity index is 2.26. The minimum absolute atomic E-state index is 0.102. The number of carbonyl (C=O) groups is 2. The van der Waals surface area contributed by atoms with Crippen molar-refractivity contribution in [3.8, 4) is 0 Å². The third-order valence-electron chi connectivity index (χ3n) is 2.85. The molecule has 0 fully saturated rings. The highest BCUT2D eigenvalue weighted by atomic mass is 16.4. The monoisotopic (exact) mass is 275 g/mol. The smallest absolute Gasteiger partial charge is 0.325 e. The first-order valence-corrected chi connectivity index (χ1v) is 5.97. The second-order valence-electron chi connectivity index (χ2n) is 4.35. The van der Waals surface area contributed by atoms with Gasteiger partial charge in [-0.2, -0.15) is 5.10 Å². The summed E-state index contributed by atoms with van der Waals surface area (Å²) < 4.78 is 0. The van der Waals surface area contributed by atoms with Crippen LogP contribution in [0.3, 0.4) is 0 Å². The van der Waals surface area contributed by atoms with E-state index < -0.39 is 17.9 Å². The molecular formula is C13H13N3O4. The highest BCUT2D eigenvalue weighted by Crippen LogP contribution is 2.12. The Hall–Kier alpha value is -2.70. The molecule has 0 spiro atoms.